The highest BCUT2D eigenvalue weighted by molar-refractivity contribution is 6.22. The molecule has 1 aliphatic heterocycles. The highest BCUT2D eigenvalue weighted by Gasteiger charge is 2.37. The molecule has 0 spiro atoms. The Morgan fingerprint density at radius 3 is 2.45 bits per heavy atom. The van der Waals surface area contributed by atoms with E-state index in [1.807, 2.05) is 0 Å². The Morgan fingerprint density at radius 1 is 1.06 bits per heavy atom. The standard InChI is InChI=1S/C23H19FN4O3/c24-17-8-3-4-10-20(17)28-19-11-5-9-18(16(19)12-25-28)26-21(29)13-27-22(30)14-6-1-2-7-15(14)23(27)31/h1-4,6-8,10,12,18H,5,9,11,13H2,(H,26,29)/t18-/m0/s1. The number of carbonyl (C=O) groups excluding carboxylic acids is 3. The van der Waals surface area contributed by atoms with Crippen molar-refractivity contribution < 1.29 is 18.8 Å². The van der Waals surface area contributed by atoms with Crippen molar-refractivity contribution in [2.75, 3.05) is 6.54 Å². The Morgan fingerprint density at radius 2 is 1.74 bits per heavy atom. The summed E-state index contributed by atoms with van der Waals surface area (Å²) in [6.45, 7) is -0.348. The summed E-state index contributed by atoms with van der Waals surface area (Å²) in [7, 11) is 0. The van der Waals surface area contributed by atoms with Crippen molar-refractivity contribution in [3.05, 3.63) is 82.9 Å². The van der Waals surface area contributed by atoms with Gasteiger partial charge in [0.15, 0.2) is 0 Å². The van der Waals surface area contributed by atoms with Crippen molar-refractivity contribution in [2.24, 2.45) is 0 Å². The van der Waals surface area contributed by atoms with E-state index in [0.29, 0.717) is 29.7 Å². The van der Waals surface area contributed by atoms with Crippen LogP contribution in [0.15, 0.2) is 54.7 Å². The van der Waals surface area contributed by atoms with Gasteiger partial charge in [0.05, 0.1) is 23.4 Å². The third-order valence-electron chi connectivity index (χ3n) is 5.78. The number of nitrogens with one attached hydrogen (secondary N) is 1. The van der Waals surface area contributed by atoms with Gasteiger partial charge in [0.1, 0.15) is 18.0 Å². The predicted octanol–water partition coefficient (Wildman–Crippen LogP) is 2.80. The minimum atomic E-state index is -0.465. The molecule has 3 amide bonds. The van der Waals surface area contributed by atoms with Crippen LogP contribution in [-0.2, 0) is 11.2 Å². The van der Waals surface area contributed by atoms with Crippen molar-refractivity contribution in [3.8, 4) is 5.69 Å². The van der Waals surface area contributed by atoms with E-state index < -0.39 is 17.7 Å². The minimum Gasteiger partial charge on any atom is -0.348 e. The molecule has 0 bridgehead atoms. The molecule has 7 nitrogen and oxygen atoms in total. The minimum absolute atomic E-state index is 0.311. The second kappa shape index (κ2) is 7.46. The van der Waals surface area contributed by atoms with Crippen LogP contribution in [0.1, 0.15) is 50.9 Å². The van der Waals surface area contributed by atoms with Gasteiger partial charge in [-0.15, -0.1) is 0 Å². The molecule has 0 saturated heterocycles. The van der Waals surface area contributed by atoms with Gasteiger partial charge in [-0.1, -0.05) is 24.3 Å². The molecule has 8 heteroatoms. The van der Waals surface area contributed by atoms with Crippen LogP contribution in [0.4, 0.5) is 4.39 Å². The second-order valence-corrected chi connectivity index (χ2v) is 7.66. The molecule has 156 valence electrons. The van der Waals surface area contributed by atoms with Crippen LogP contribution in [0, 0.1) is 5.82 Å². The summed E-state index contributed by atoms with van der Waals surface area (Å²) in [5.74, 6) is -1.73. The number of aromatic nitrogens is 2. The van der Waals surface area contributed by atoms with E-state index in [1.54, 1.807) is 53.3 Å². The highest BCUT2D eigenvalue weighted by atomic mass is 19.1. The number of fused-ring (bicyclic) bond motifs is 2. The number of benzene rings is 2. The Hall–Kier alpha value is -3.81. The van der Waals surface area contributed by atoms with E-state index in [4.69, 9.17) is 0 Å². The average molecular weight is 418 g/mol. The molecule has 31 heavy (non-hydrogen) atoms. The highest BCUT2D eigenvalue weighted by Crippen LogP contribution is 2.31. The third kappa shape index (κ3) is 3.20. The van der Waals surface area contributed by atoms with Crippen LogP contribution < -0.4 is 5.32 Å². The molecule has 5 rings (SSSR count). The molecule has 1 aliphatic carbocycles. The fourth-order valence-corrected chi connectivity index (χ4v) is 4.30. The van der Waals surface area contributed by atoms with E-state index in [9.17, 15) is 18.8 Å². The number of hydrogen-bond donors (Lipinski definition) is 1. The summed E-state index contributed by atoms with van der Waals surface area (Å²) in [6, 6.07) is 12.6. The second-order valence-electron chi connectivity index (χ2n) is 7.66. The molecule has 2 aliphatic rings. The lowest BCUT2D eigenvalue weighted by Crippen LogP contribution is -2.42. The van der Waals surface area contributed by atoms with Crippen molar-refractivity contribution in [1.29, 1.82) is 0 Å². The Kier molecular flexibility index (Phi) is 4.62. The quantitative estimate of drug-likeness (QED) is 0.661. The maximum atomic E-state index is 14.2. The van der Waals surface area contributed by atoms with Crippen LogP contribution in [0.5, 0.6) is 0 Å². The molecule has 3 aromatic rings. The fraction of sp³-hybridized carbons (Fsp3) is 0.217. The van der Waals surface area contributed by atoms with Crippen molar-refractivity contribution in [3.63, 3.8) is 0 Å². The summed E-state index contributed by atoms with van der Waals surface area (Å²) in [5.41, 5.74) is 2.66. The first kappa shape index (κ1) is 19.2. The van der Waals surface area contributed by atoms with Gasteiger partial charge in [-0.25, -0.2) is 9.07 Å². The molecule has 0 unspecified atom stereocenters. The van der Waals surface area contributed by atoms with E-state index >= 15 is 0 Å². The number of amides is 3. The lowest BCUT2D eigenvalue weighted by Gasteiger charge is -2.25. The molecule has 1 N–H and O–H groups in total. The maximum Gasteiger partial charge on any atom is 0.262 e. The van der Waals surface area contributed by atoms with E-state index in [2.05, 4.69) is 10.4 Å². The normalized spacial score (nSPS) is 17.5. The number of para-hydroxylation sites is 1. The van der Waals surface area contributed by atoms with Gasteiger partial charge in [0, 0.05) is 11.3 Å². The predicted molar refractivity (Wildman–Crippen MR) is 109 cm³/mol. The molecule has 2 aromatic carbocycles. The van der Waals surface area contributed by atoms with Crippen LogP contribution in [0.3, 0.4) is 0 Å². The van der Waals surface area contributed by atoms with Gasteiger partial charge in [-0.05, 0) is 43.5 Å². The summed E-state index contributed by atoms with van der Waals surface area (Å²) in [5, 5.41) is 7.26. The van der Waals surface area contributed by atoms with E-state index in [1.165, 1.54) is 6.07 Å². The molecule has 1 aromatic heterocycles. The number of imide groups is 1. The molecule has 0 saturated carbocycles. The van der Waals surface area contributed by atoms with E-state index in [0.717, 1.165) is 22.6 Å². The maximum absolute atomic E-state index is 14.2. The van der Waals surface area contributed by atoms with Crippen molar-refractivity contribution in [2.45, 2.75) is 25.3 Å². The molecule has 1 atom stereocenters. The summed E-state index contributed by atoms with van der Waals surface area (Å²) in [6.07, 6.45) is 3.86. The van der Waals surface area contributed by atoms with Gasteiger partial charge in [-0.3, -0.25) is 19.3 Å². The lowest BCUT2D eigenvalue weighted by molar-refractivity contribution is -0.122. The Balaban J connectivity index is 1.34. The molecule has 0 radical (unpaired) electrons. The number of rotatable bonds is 4. The SMILES string of the molecule is O=C(CN1C(=O)c2ccccc2C1=O)N[C@H]1CCCc2c1cnn2-c1ccccc1F. The summed E-state index contributed by atoms with van der Waals surface area (Å²) < 4.78 is 15.8. The van der Waals surface area contributed by atoms with Gasteiger partial charge in [-0.2, -0.15) is 5.10 Å². The zero-order chi connectivity index (χ0) is 21.5. The van der Waals surface area contributed by atoms with Crippen LogP contribution >= 0.6 is 0 Å². The molecule has 0 fully saturated rings. The van der Waals surface area contributed by atoms with Gasteiger partial charge in [0.2, 0.25) is 5.91 Å². The number of nitrogens with zero attached hydrogens (tertiary/aromatic N) is 3. The lowest BCUT2D eigenvalue weighted by atomic mass is 9.93. The number of halogens is 1. The van der Waals surface area contributed by atoms with Crippen LogP contribution in [0.2, 0.25) is 0 Å². The Bertz CT molecular complexity index is 1180. The van der Waals surface area contributed by atoms with Crippen LogP contribution in [-0.4, -0.2) is 38.9 Å². The summed E-state index contributed by atoms with van der Waals surface area (Å²) >= 11 is 0. The average Bonchev–Trinajstić information content (AvgIpc) is 3.31. The van der Waals surface area contributed by atoms with Gasteiger partial charge >= 0.3 is 0 Å². The largest absolute Gasteiger partial charge is 0.348 e. The molecule has 2 heterocycles. The van der Waals surface area contributed by atoms with Crippen LogP contribution in [0.25, 0.3) is 5.69 Å². The monoisotopic (exact) mass is 418 g/mol. The van der Waals surface area contributed by atoms with E-state index in [-0.39, 0.29) is 18.4 Å². The topological polar surface area (TPSA) is 84.3 Å². The number of carbonyl (C=O) groups is 3. The molecular weight excluding hydrogens is 399 g/mol. The zero-order valence-corrected chi connectivity index (χ0v) is 16.5. The smallest absolute Gasteiger partial charge is 0.262 e. The van der Waals surface area contributed by atoms with Crippen molar-refractivity contribution >= 4 is 17.7 Å². The Labute approximate surface area is 177 Å². The van der Waals surface area contributed by atoms with Gasteiger partial charge in [0.25, 0.3) is 11.8 Å². The fourth-order valence-electron chi connectivity index (χ4n) is 4.30. The first-order valence-corrected chi connectivity index (χ1v) is 10.1. The number of hydrogen-bond acceptors (Lipinski definition) is 4. The van der Waals surface area contributed by atoms with Crippen molar-refractivity contribution in [1.82, 2.24) is 20.0 Å². The zero-order valence-electron chi connectivity index (χ0n) is 16.5. The molecular formula is C23H19FN4O3. The van der Waals surface area contributed by atoms with Gasteiger partial charge < -0.3 is 5.32 Å². The first-order valence-electron chi connectivity index (χ1n) is 10.1. The summed E-state index contributed by atoms with van der Waals surface area (Å²) in [4.78, 5) is 38.7. The first-order chi connectivity index (χ1) is 15.0. The third-order valence-corrected chi connectivity index (χ3v) is 5.78.